The second kappa shape index (κ2) is 7.07. The van der Waals surface area contributed by atoms with Crippen LogP contribution in [-0.4, -0.2) is 5.78 Å². The topological polar surface area (TPSA) is 17.1 Å². The molecule has 0 aliphatic heterocycles. The van der Waals surface area contributed by atoms with Crippen LogP contribution in [0.25, 0.3) is 0 Å². The molecule has 0 saturated carbocycles. The van der Waals surface area contributed by atoms with Crippen LogP contribution in [-0.2, 0) is 4.79 Å². The molecule has 0 spiro atoms. The molecule has 0 amide bonds. The summed E-state index contributed by atoms with van der Waals surface area (Å²) in [5, 5.41) is 0. The zero-order chi connectivity index (χ0) is 11.0. The maximum atomic E-state index is 11.4. The van der Waals surface area contributed by atoms with E-state index in [9.17, 15) is 4.79 Å². The Morgan fingerprint density at radius 2 is 1.21 bits per heavy atom. The van der Waals surface area contributed by atoms with E-state index < -0.39 is 0 Å². The molecule has 0 aromatic heterocycles. The average molecular weight is 190 g/mol. The largest absolute Gasteiger partial charge is 0.290 e. The number of rotatable bonds is 4. The molecule has 0 fully saturated rings. The van der Waals surface area contributed by atoms with Crippen LogP contribution in [0.5, 0.6) is 0 Å². The van der Waals surface area contributed by atoms with Gasteiger partial charge in [0.15, 0.2) is 5.78 Å². The molecule has 1 nitrogen and oxygen atoms in total. The van der Waals surface area contributed by atoms with Crippen LogP contribution in [0.15, 0.2) is 47.6 Å². The average Bonchev–Trinajstić information content (AvgIpc) is 2.03. The van der Waals surface area contributed by atoms with Gasteiger partial charge in [0.2, 0.25) is 0 Å². The molecular weight excluding hydrogens is 172 g/mol. The highest BCUT2D eigenvalue weighted by molar-refractivity contribution is 6.00. The lowest BCUT2D eigenvalue weighted by atomic mass is 10.1. The van der Waals surface area contributed by atoms with Gasteiger partial charge in [0.05, 0.1) is 0 Å². The third-order valence-corrected chi connectivity index (χ3v) is 1.60. The summed E-state index contributed by atoms with van der Waals surface area (Å²) in [6.45, 7) is 7.69. The molecule has 0 heterocycles. The Hall–Kier alpha value is -1.37. The minimum atomic E-state index is 0.0381. The zero-order valence-corrected chi connectivity index (χ0v) is 9.37. The van der Waals surface area contributed by atoms with Crippen LogP contribution in [0.1, 0.15) is 27.7 Å². The molecule has 0 aromatic carbocycles. The van der Waals surface area contributed by atoms with Gasteiger partial charge in [-0.2, -0.15) is 0 Å². The molecule has 0 unspecified atom stereocenters. The van der Waals surface area contributed by atoms with Gasteiger partial charge >= 0.3 is 0 Å². The van der Waals surface area contributed by atoms with E-state index in [1.807, 2.05) is 52.0 Å². The van der Waals surface area contributed by atoms with Crippen LogP contribution in [0.2, 0.25) is 0 Å². The van der Waals surface area contributed by atoms with E-state index in [1.54, 1.807) is 12.2 Å². The van der Waals surface area contributed by atoms with Gasteiger partial charge in [0, 0.05) is 0 Å². The van der Waals surface area contributed by atoms with Crippen molar-refractivity contribution >= 4 is 5.78 Å². The van der Waals surface area contributed by atoms with Gasteiger partial charge in [-0.25, -0.2) is 0 Å². The summed E-state index contributed by atoms with van der Waals surface area (Å²) in [6.07, 6.45) is 10.9. The zero-order valence-electron chi connectivity index (χ0n) is 9.37. The maximum absolute atomic E-state index is 11.4. The van der Waals surface area contributed by atoms with Crippen molar-refractivity contribution in [2.45, 2.75) is 27.7 Å². The van der Waals surface area contributed by atoms with Crippen molar-refractivity contribution in [1.82, 2.24) is 0 Å². The molecule has 0 atom stereocenters. The fourth-order valence-corrected chi connectivity index (χ4v) is 1.11. The fraction of sp³-hybridized carbons (Fsp3) is 0.308. The minimum Gasteiger partial charge on any atom is -0.290 e. The molecule has 0 aliphatic rings. The van der Waals surface area contributed by atoms with Crippen molar-refractivity contribution in [3.63, 3.8) is 0 Å². The van der Waals surface area contributed by atoms with Crippen molar-refractivity contribution in [2.24, 2.45) is 0 Å². The van der Waals surface area contributed by atoms with Gasteiger partial charge in [-0.1, -0.05) is 24.3 Å². The Labute approximate surface area is 86.5 Å². The standard InChI is InChI=1S/C13H18O/c1-5-7-11(3)9-13(14)10-12(4)8-6-2/h5-10H,1-4H3/b7-5+,8-6+,11-9+,12-10+. The minimum absolute atomic E-state index is 0.0381. The highest BCUT2D eigenvalue weighted by Crippen LogP contribution is 1.99. The van der Waals surface area contributed by atoms with Crippen LogP contribution < -0.4 is 0 Å². The number of allylic oxidation sites excluding steroid dienone is 8. The first kappa shape index (κ1) is 12.6. The lowest BCUT2D eigenvalue weighted by Gasteiger charge is -1.91. The fourth-order valence-electron chi connectivity index (χ4n) is 1.11. The van der Waals surface area contributed by atoms with E-state index in [-0.39, 0.29) is 5.78 Å². The SMILES string of the molecule is C/C=C/C(C)=C/C(=O)/C=C(C)/C=C/C. The first-order valence-corrected chi connectivity index (χ1v) is 4.76. The van der Waals surface area contributed by atoms with Gasteiger partial charge in [-0.3, -0.25) is 4.79 Å². The smallest absolute Gasteiger partial charge is 0.179 e. The normalized spacial score (nSPS) is 14.3. The lowest BCUT2D eigenvalue weighted by Crippen LogP contribution is -1.88. The van der Waals surface area contributed by atoms with Gasteiger partial charge in [-0.15, -0.1) is 0 Å². The Bertz CT molecular complexity index is 271. The first-order chi connectivity index (χ1) is 6.60. The Morgan fingerprint density at radius 3 is 1.50 bits per heavy atom. The summed E-state index contributed by atoms with van der Waals surface area (Å²) >= 11 is 0. The molecule has 0 bridgehead atoms. The van der Waals surface area contributed by atoms with Crippen molar-refractivity contribution in [1.29, 1.82) is 0 Å². The number of carbonyl (C=O) groups is 1. The monoisotopic (exact) mass is 190 g/mol. The molecule has 0 saturated heterocycles. The van der Waals surface area contributed by atoms with E-state index in [1.165, 1.54) is 0 Å². The van der Waals surface area contributed by atoms with Crippen molar-refractivity contribution in [3.8, 4) is 0 Å². The summed E-state index contributed by atoms with van der Waals surface area (Å²) < 4.78 is 0. The van der Waals surface area contributed by atoms with Crippen molar-refractivity contribution in [2.75, 3.05) is 0 Å². The summed E-state index contributed by atoms with van der Waals surface area (Å²) in [5.41, 5.74) is 1.95. The first-order valence-electron chi connectivity index (χ1n) is 4.76. The maximum Gasteiger partial charge on any atom is 0.179 e. The van der Waals surface area contributed by atoms with E-state index in [2.05, 4.69) is 0 Å². The van der Waals surface area contributed by atoms with E-state index in [0.29, 0.717) is 0 Å². The second-order valence-corrected chi connectivity index (χ2v) is 3.18. The highest BCUT2D eigenvalue weighted by atomic mass is 16.1. The molecule has 0 rings (SSSR count). The molecular formula is C13H18O. The Kier molecular flexibility index (Phi) is 6.38. The molecule has 76 valence electrons. The Balaban J connectivity index is 4.51. The third-order valence-electron chi connectivity index (χ3n) is 1.60. The molecule has 1 heteroatoms. The number of carbonyl (C=O) groups excluding carboxylic acids is 1. The van der Waals surface area contributed by atoms with Crippen LogP contribution in [0.3, 0.4) is 0 Å². The van der Waals surface area contributed by atoms with Gasteiger partial charge in [0.25, 0.3) is 0 Å². The van der Waals surface area contributed by atoms with Crippen molar-refractivity contribution < 1.29 is 4.79 Å². The predicted octanol–water partition coefficient (Wildman–Crippen LogP) is 3.60. The van der Waals surface area contributed by atoms with E-state index in [4.69, 9.17) is 0 Å². The third kappa shape index (κ3) is 6.18. The van der Waals surface area contributed by atoms with Gasteiger partial charge in [0.1, 0.15) is 0 Å². The highest BCUT2D eigenvalue weighted by Gasteiger charge is 1.92. The van der Waals surface area contributed by atoms with E-state index >= 15 is 0 Å². The molecule has 0 N–H and O–H groups in total. The van der Waals surface area contributed by atoms with Crippen LogP contribution >= 0.6 is 0 Å². The summed E-state index contributed by atoms with van der Waals surface area (Å²) in [5.74, 6) is 0.0381. The van der Waals surface area contributed by atoms with Crippen LogP contribution in [0.4, 0.5) is 0 Å². The molecule has 0 aromatic rings. The van der Waals surface area contributed by atoms with Gasteiger partial charge < -0.3 is 0 Å². The summed E-state index contributed by atoms with van der Waals surface area (Å²) in [7, 11) is 0. The van der Waals surface area contributed by atoms with Gasteiger partial charge in [-0.05, 0) is 51.0 Å². The number of hydrogen-bond acceptors (Lipinski definition) is 1. The number of hydrogen-bond donors (Lipinski definition) is 0. The molecule has 0 radical (unpaired) electrons. The van der Waals surface area contributed by atoms with Crippen LogP contribution in [0, 0.1) is 0 Å². The predicted molar refractivity (Wildman–Crippen MR) is 62.1 cm³/mol. The lowest BCUT2D eigenvalue weighted by molar-refractivity contribution is -0.110. The van der Waals surface area contributed by atoms with E-state index in [0.717, 1.165) is 11.1 Å². The second-order valence-electron chi connectivity index (χ2n) is 3.18. The molecule has 0 aliphatic carbocycles. The quantitative estimate of drug-likeness (QED) is 0.489. The molecule has 14 heavy (non-hydrogen) atoms. The summed E-state index contributed by atoms with van der Waals surface area (Å²) in [4.78, 5) is 11.4. The summed E-state index contributed by atoms with van der Waals surface area (Å²) in [6, 6.07) is 0. The van der Waals surface area contributed by atoms with Crippen molar-refractivity contribution in [3.05, 3.63) is 47.6 Å². The Morgan fingerprint density at radius 1 is 0.857 bits per heavy atom. The number of ketones is 1.